The van der Waals surface area contributed by atoms with Crippen LogP contribution in [0.4, 0.5) is 17.1 Å². The third-order valence-electron chi connectivity index (χ3n) is 10.5. The van der Waals surface area contributed by atoms with Gasteiger partial charge in [0.2, 0.25) is 0 Å². The number of anilines is 3. The molecule has 0 aliphatic carbocycles. The highest BCUT2D eigenvalue weighted by Gasteiger charge is 2.29. The van der Waals surface area contributed by atoms with Gasteiger partial charge in [0.25, 0.3) is 0 Å². The molecule has 0 bridgehead atoms. The zero-order chi connectivity index (χ0) is 36.6. The first-order valence-electron chi connectivity index (χ1n) is 18.8. The molecule has 0 amide bonds. The summed E-state index contributed by atoms with van der Waals surface area (Å²) in [5.41, 5.74) is 15.2. The van der Waals surface area contributed by atoms with E-state index in [1.165, 1.54) is 66.4 Å². The van der Waals surface area contributed by atoms with E-state index in [0.717, 1.165) is 17.1 Å². The Morgan fingerprint density at radius 3 is 1.52 bits per heavy atom. The van der Waals surface area contributed by atoms with Crippen molar-refractivity contribution < 1.29 is 0 Å². The zero-order valence-electron chi connectivity index (χ0n) is 30.9. The fourth-order valence-electron chi connectivity index (χ4n) is 7.88. The van der Waals surface area contributed by atoms with Crippen LogP contribution in [0.25, 0.3) is 60.9 Å². The summed E-state index contributed by atoms with van der Waals surface area (Å²) in [5, 5.41) is 2.48. The molecule has 0 radical (unpaired) electrons. The largest absolute Gasteiger partial charge is 0.309 e. The van der Waals surface area contributed by atoms with Crippen LogP contribution in [0.3, 0.4) is 0 Å². The molecule has 0 saturated carbocycles. The van der Waals surface area contributed by atoms with Crippen LogP contribution in [0.5, 0.6) is 0 Å². The molecule has 54 heavy (non-hydrogen) atoms. The van der Waals surface area contributed by atoms with E-state index in [1.807, 2.05) is 0 Å². The molecule has 0 saturated heterocycles. The van der Waals surface area contributed by atoms with Crippen molar-refractivity contribution in [3.63, 3.8) is 0 Å². The Kier molecular flexibility index (Phi) is 8.44. The highest BCUT2D eigenvalue weighted by molar-refractivity contribution is 6.10. The monoisotopic (exact) mass is 694 g/mol. The van der Waals surface area contributed by atoms with Crippen molar-refractivity contribution in [2.24, 2.45) is 0 Å². The van der Waals surface area contributed by atoms with Gasteiger partial charge < -0.3 is 9.47 Å². The third-order valence-corrected chi connectivity index (χ3v) is 10.5. The third kappa shape index (κ3) is 6.06. The number of hydrogen-bond acceptors (Lipinski definition) is 1. The summed E-state index contributed by atoms with van der Waals surface area (Å²) in [6.45, 7) is 7.01. The van der Waals surface area contributed by atoms with E-state index in [1.54, 1.807) is 0 Å². The van der Waals surface area contributed by atoms with Crippen molar-refractivity contribution in [2.75, 3.05) is 4.90 Å². The number of hydrogen-bond donors (Lipinski definition) is 0. The van der Waals surface area contributed by atoms with Crippen molar-refractivity contribution in [1.82, 2.24) is 4.57 Å². The first-order valence-corrected chi connectivity index (χ1v) is 18.8. The van der Waals surface area contributed by atoms with Crippen molar-refractivity contribution in [2.45, 2.75) is 26.2 Å². The minimum Gasteiger partial charge on any atom is -0.309 e. The lowest BCUT2D eigenvalue weighted by molar-refractivity contribution is 0.591. The van der Waals surface area contributed by atoms with Crippen LogP contribution < -0.4 is 4.90 Å². The summed E-state index contributed by atoms with van der Waals surface area (Å²) in [6, 6.07) is 72.7. The smallest absolute Gasteiger partial charge is 0.0577 e. The number of fused-ring (bicyclic) bond motifs is 3. The Bertz CT molecular complexity index is 2700. The molecule has 260 valence electrons. The fourth-order valence-corrected chi connectivity index (χ4v) is 7.88. The summed E-state index contributed by atoms with van der Waals surface area (Å²) in [7, 11) is 0. The predicted octanol–water partition coefficient (Wildman–Crippen LogP) is 14.6. The Morgan fingerprint density at radius 1 is 0.389 bits per heavy atom. The molecule has 0 spiro atoms. The topological polar surface area (TPSA) is 8.17 Å². The van der Waals surface area contributed by atoms with Gasteiger partial charge in [0.15, 0.2) is 0 Å². The molecular formula is C52H42N2. The highest BCUT2D eigenvalue weighted by atomic mass is 15.2. The van der Waals surface area contributed by atoms with Crippen LogP contribution in [0, 0.1) is 0 Å². The molecule has 2 heteroatoms. The van der Waals surface area contributed by atoms with Gasteiger partial charge in [0.05, 0.1) is 16.7 Å². The van der Waals surface area contributed by atoms with Crippen molar-refractivity contribution in [3.05, 3.63) is 206 Å². The lowest BCUT2D eigenvalue weighted by Crippen LogP contribution is -2.20. The summed E-state index contributed by atoms with van der Waals surface area (Å²) >= 11 is 0. The maximum Gasteiger partial charge on any atom is 0.0577 e. The first-order chi connectivity index (χ1) is 26.4. The summed E-state index contributed by atoms with van der Waals surface area (Å²) in [5.74, 6) is 0. The van der Waals surface area contributed by atoms with E-state index in [4.69, 9.17) is 0 Å². The number of para-hydroxylation sites is 2. The van der Waals surface area contributed by atoms with Crippen LogP contribution in [0.15, 0.2) is 200 Å². The number of aromatic nitrogens is 1. The van der Waals surface area contributed by atoms with E-state index in [2.05, 4.69) is 230 Å². The van der Waals surface area contributed by atoms with Crippen LogP contribution in [0.1, 0.15) is 26.3 Å². The first kappa shape index (κ1) is 33.2. The Balaban J connectivity index is 1.37. The van der Waals surface area contributed by atoms with E-state index >= 15 is 0 Å². The summed E-state index contributed by atoms with van der Waals surface area (Å²) in [6.07, 6.45) is 0. The summed E-state index contributed by atoms with van der Waals surface area (Å²) < 4.78 is 2.41. The maximum atomic E-state index is 2.50. The van der Waals surface area contributed by atoms with Gasteiger partial charge in [0, 0.05) is 33.4 Å². The molecular weight excluding hydrogens is 653 g/mol. The second-order valence-corrected chi connectivity index (χ2v) is 15.0. The molecule has 0 unspecified atom stereocenters. The molecule has 2 nitrogen and oxygen atoms in total. The average molecular weight is 695 g/mol. The van der Waals surface area contributed by atoms with Gasteiger partial charge >= 0.3 is 0 Å². The predicted molar refractivity (Wildman–Crippen MR) is 230 cm³/mol. The molecule has 0 atom stereocenters. The second kappa shape index (κ2) is 13.7. The second-order valence-electron chi connectivity index (χ2n) is 15.0. The number of benzene rings is 8. The Labute approximate surface area is 318 Å². The van der Waals surface area contributed by atoms with Gasteiger partial charge in [-0.3, -0.25) is 0 Å². The van der Waals surface area contributed by atoms with E-state index in [-0.39, 0.29) is 5.41 Å². The van der Waals surface area contributed by atoms with Gasteiger partial charge in [-0.05, 0) is 93.4 Å². The zero-order valence-corrected chi connectivity index (χ0v) is 30.9. The van der Waals surface area contributed by atoms with Gasteiger partial charge in [-0.15, -0.1) is 0 Å². The SMILES string of the molecule is CC(C)(C)c1cc(-c2ccccc2)cc(-c2ccccc2)c1N(c1ccc(-c2ccccc2)cc1)c1ccc2c3ccccc3n(-c3ccccc3)c2c1. The van der Waals surface area contributed by atoms with Crippen molar-refractivity contribution in [3.8, 4) is 39.1 Å². The highest BCUT2D eigenvalue weighted by Crippen LogP contribution is 2.49. The standard InChI is InChI=1S/C52H42N2/c1-52(2,3)48-35-41(38-20-10-5-11-21-38)34-47(40-22-12-6-13-23-40)51(48)53(43-30-28-39(29-31-43)37-18-8-4-9-19-37)44-32-33-46-45-26-16-17-27-49(45)54(50(46)36-44)42-24-14-7-15-25-42/h4-36H,1-3H3. The number of rotatable bonds is 7. The quantitative estimate of drug-likeness (QED) is 0.161. The lowest BCUT2D eigenvalue weighted by atomic mass is 9.80. The molecule has 8 aromatic carbocycles. The van der Waals surface area contributed by atoms with Crippen LogP contribution in [0.2, 0.25) is 0 Å². The van der Waals surface area contributed by atoms with Crippen LogP contribution in [-0.2, 0) is 5.41 Å². The van der Waals surface area contributed by atoms with Gasteiger partial charge in [0.1, 0.15) is 0 Å². The molecule has 0 fully saturated rings. The molecule has 1 heterocycles. The molecule has 0 aliphatic heterocycles. The van der Waals surface area contributed by atoms with Gasteiger partial charge in [-0.25, -0.2) is 0 Å². The number of nitrogens with zero attached hydrogens (tertiary/aromatic N) is 2. The molecule has 9 rings (SSSR count). The van der Waals surface area contributed by atoms with Crippen LogP contribution in [-0.4, -0.2) is 4.57 Å². The van der Waals surface area contributed by atoms with E-state index in [0.29, 0.717) is 0 Å². The van der Waals surface area contributed by atoms with E-state index < -0.39 is 0 Å². The lowest BCUT2D eigenvalue weighted by Gasteiger charge is -2.35. The normalized spacial score (nSPS) is 11.6. The van der Waals surface area contributed by atoms with E-state index in [9.17, 15) is 0 Å². The summed E-state index contributed by atoms with van der Waals surface area (Å²) in [4.78, 5) is 2.50. The Hall–Kier alpha value is -6.64. The molecule has 9 aromatic rings. The Morgan fingerprint density at radius 2 is 0.889 bits per heavy atom. The molecule has 0 N–H and O–H groups in total. The maximum absolute atomic E-state index is 2.50. The van der Waals surface area contributed by atoms with Crippen molar-refractivity contribution in [1.29, 1.82) is 0 Å². The minimum atomic E-state index is -0.186. The molecule has 1 aromatic heterocycles. The molecule has 0 aliphatic rings. The van der Waals surface area contributed by atoms with Gasteiger partial charge in [-0.1, -0.05) is 166 Å². The fraction of sp³-hybridized carbons (Fsp3) is 0.0769. The average Bonchev–Trinajstić information content (AvgIpc) is 3.56. The van der Waals surface area contributed by atoms with Crippen molar-refractivity contribution >= 4 is 38.9 Å². The minimum absolute atomic E-state index is 0.186. The van der Waals surface area contributed by atoms with Gasteiger partial charge in [-0.2, -0.15) is 0 Å². The van der Waals surface area contributed by atoms with Crippen LogP contribution >= 0.6 is 0 Å².